The summed E-state index contributed by atoms with van der Waals surface area (Å²) in [5.74, 6) is 0. The normalized spacial score (nSPS) is 5.00. The lowest BCUT2D eigenvalue weighted by Crippen LogP contribution is -1.49. The maximum Gasteiger partial charge on any atom is 0.101 e. The van der Waals surface area contributed by atoms with E-state index in [-0.39, 0.29) is 7.43 Å². The molecule has 0 aromatic carbocycles. The molecular formula is C4H8O. The molecule has 2 radical (unpaired) electrons. The van der Waals surface area contributed by atoms with Gasteiger partial charge in [0.1, 0.15) is 6.61 Å². The SMILES string of the molecule is C=C[CH]O.[CH3]. The van der Waals surface area contributed by atoms with Gasteiger partial charge >= 0.3 is 0 Å². The van der Waals surface area contributed by atoms with Gasteiger partial charge in [0.15, 0.2) is 0 Å². The van der Waals surface area contributed by atoms with E-state index in [1.54, 1.807) is 0 Å². The third-order valence-electron chi connectivity index (χ3n) is 0.105. The zero-order valence-electron chi connectivity index (χ0n) is 3.31. The van der Waals surface area contributed by atoms with E-state index in [9.17, 15) is 0 Å². The molecule has 0 unspecified atom stereocenters. The monoisotopic (exact) mass is 72.1 g/mol. The van der Waals surface area contributed by atoms with E-state index in [0.29, 0.717) is 0 Å². The summed E-state index contributed by atoms with van der Waals surface area (Å²) in [7, 11) is 0. The molecule has 0 bridgehead atoms. The Morgan fingerprint density at radius 3 is 1.80 bits per heavy atom. The maximum atomic E-state index is 7.63. The van der Waals surface area contributed by atoms with Crippen molar-refractivity contribution >= 4 is 0 Å². The van der Waals surface area contributed by atoms with Gasteiger partial charge in [-0.05, 0) is 0 Å². The lowest BCUT2D eigenvalue weighted by Gasteiger charge is -1.58. The van der Waals surface area contributed by atoms with E-state index < -0.39 is 0 Å². The maximum absolute atomic E-state index is 7.63. The predicted octanol–water partition coefficient (Wildman–Crippen LogP) is 1.16. The molecule has 0 amide bonds. The third kappa shape index (κ3) is 21.8. The molecular weight excluding hydrogens is 64.0 g/mol. The van der Waals surface area contributed by atoms with Crippen LogP contribution >= 0.6 is 0 Å². The first-order chi connectivity index (χ1) is 1.91. The highest BCUT2D eigenvalue weighted by molar-refractivity contribution is 4.73. The summed E-state index contributed by atoms with van der Waals surface area (Å²) < 4.78 is 0. The second-order valence-electron chi connectivity index (χ2n) is 0.385. The fraction of sp³-hybridized carbons (Fsp3) is 0. The van der Waals surface area contributed by atoms with Crippen LogP contribution in [0.5, 0.6) is 0 Å². The summed E-state index contributed by atoms with van der Waals surface area (Å²) >= 11 is 0. The Hall–Kier alpha value is -0.300. The summed E-state index contributed by atoms with van der Waals surface area (Å²) in [5.41, 5.74) is 0. The number of aliphatic hydroxyl groups is 1. The van der Waals surface area contributed by atoms with Crippen molar-refractivity contribution in [3.63, 3.8) is 0 Å². The van der Waals surface area contributed by atoms with Crippen LogP contribution in [-0.2, 0) is 0 Å². The quantitative estimate of drug-likeness (QED) is 0.492. The first-order valence-corrected chi connectivity index (χ1v) is 1.000. The summed E-state index contributed by atoms with van der Waals surface area (Å²) in [6.45, 7) is 4.06. The van der Waals surface area contributed by atoms with Gasteiger partial charge in [-0.2, -0.15) is 0 Å². The molecule has 0 aliphatic rings. The molecule has 0 saturated heterocycles. The van der Waals surface area contributed by atoms with Gasteiger partial charge in [-0.15, -0.1) is 6.58 Å². The molecule has 1 nitrogen and oxygen atoms in total. The zero-order valence-corrected chi connectivity index (χ0v) is 3.31. The predicted molar refractivity (Wildman–Crippen MR) is 22.8 cm³/mol. The second-order valence-corrected chi connectivity index (χ2v) is 0.385. The smallest absolute Gasteiger partial charge is 0.101 e. The Labute approximate surface area is 32.9 Å². The van der Waals surface area contributed by atoms with Crippen LogP contribution in [0.2, 0.25) is 0 Å². The molecule has 5 heavy (non-hydrogen) atoms. The number of hydrogen-bond acceptors (Lipinski definition) is 1. The summed E-state index contributed by atoms with van der Waals surface area (Å²) in [6.07, 6.45) is 1.31. The van der Waals surface area contributed by atoms with Crippen LogP contribution in [-0.4, -0.2) is 5.11 Å². The molecule has 0 aromatic heterocycles. The molecule has 0 aliphatic carbocycles. The minimum atomic E-state index is 0. The summed E-state index contributed by atoms with van der Waals surface area (Å²) in [6, 6.07) is 0. The van der Waals surface area contributed by atoms with Crippen LogP contribution in [0.1, 0.15) is 0 Å². The molecule has 0 rings (SSSR count). The fourth-order valence-corrected chi connectivity index (χ4v) is 0. The van der Waals surface area contributed by atoms with Gasteiger partial charge in [0.25, 0.3) is 0 Å². The van der Waals surface area contributed by atoms with E-state index in [1.807, 2.05) is 0 Å². The average Bonchev–Trinajstić information content (AvgIpc) is 1.37. The van der Waals surface area contributed by atoms with Crippen LogP contribution < -0.4 is 0 Å². The van der Waals surface area contributed by atoms with Crippen molar-refractivity contribution < 1.29 is 5.11 Å². The molecule has 0 aromatic rings. The number of hydrogen-bond donors (Lipinski definition) is 1. The number of aliphatic hydroxyl groups excluding tert-OH is 1. The van der Waals surface area contributed by atoms with Gasteiger partial charge in [0, 0.05) is 0 Å². The van der Waals surface area contributed by atoms with Crippen LogP contribution in [0.3, 0.4) is 0 Å². The topological polar surface area (TPSA) is 20.2 Å². The van der Waals surface area contributed by atoms with E-state index in [1.165, 1.54) is 6.08 Å². The highest BCUT2D eigenvalue weighted by Gasteiger charge is 1.47. The Morgan fingerprint density at radius 2 is 1.80 bits per heavy atom. The Kier molecular flexibility index (Phi) is 16.5. The molecule has 0 fully saturated rings. The van der Waals surface area contributed by atoms with Crippen molar-refractivity contribution in [3.05, 3.63) is 26.7 Å². The van der Waals surface area contributed by atoms with Crippen molar-refractivity contribution in [1.82, 2.24) is 0 Å². The first kappa shape index (κ1) is 8.83. The lowest BCUT2D eigenvalue weighted by atomic mass is 10.7. The van der Waals surface area contributed by atoms with E-state index in [4.69, 9.17) is 5.11 Å². The number of rotatable bonds is 1. The van der Waals surface area contributed by atoms with Crippen LogP contribution in [0.25, 0.3) is 0 Å². The van der Waals surface area contributed by atoms with Gasteiger partial charge in [-0.25, -0.2) is 0 Å². The molecule has 0 atom stereocenters. The highest BCUT2D eigenvalue weighted by Crippen LogP contribution is 1.57. The molecule has 1 N–H and O–H groups in total. The van der Waals surface area contributed by atoms with Gasteiger partial charge in [-0.1, -0.05) is 13.5 Å². The van der Waals surface area contributed by atoms with Gasteiger partial charge < -0.3 is 5.11 Å². The molecule has 0 saturated carbocycles. The van der Waals surface area contributed by atoms with Crippen LogP contribution in [0.15, 0.2) is 12.7 Å². The molecule has 0 aliphatic heterocycles. The van der Waals surface area contributed by atoms with Crippen molar-refractivity contribution in [2.75, 3.05) is 0 Å². The van der Waals surface area contributed by atoms with Crippen molar-refractivity contribution in [2.24, 2.45) is 0 Å². The third-order valence-corrected chi connectivity index (χ3v) is 0.105. The van der Waals surface area contributed by atoms with Crippen molar-refractivity contribution in [2.45, 2.75) is 0 Å². The zero-order chi connectivity index (χ0) is 3.41. The van der Waals surface area contributed by atoms with Crippen LogP contribution in [0.4, 0.5) is 0 Å². The van der Waals surface area contributed by atoms with Gasteiger partial charge in [0.05, 0.1) is 0 Å². The largest absolute Gasteiger partial charge is 0.386 e. The molecule has 30 valence electrons. The fourth-order valence-electron chi connectivity index (χ4n) is 0. The Morgan fingerprint density at radius 1 is 1.60 bits per heavy atom. The van der Waals surface area contributed by atoms with Crippen LogP contribution in [0, 0.1) is 14.0 Å². The molecule has 1 heteroatoms. The van der Waals surface area contributed by atoms with Gasteiger partial charge in [-0.3, -0.25) is 0 Å². The highest BCUT2D eigenvalue weighted by atomic mass is 16.2. The average molecular weight is 72.1 g/mol. The standard InChI is InChI=1S/C3H5O.CH3/c1-2-3-4;/h2-4H,1H2;1H3. The molecule has 0 heterocycles. The lowest BCUT2D eigenvalue weighted by molar-refractivity contribution is 0.421. The Balaban J connectivity index is 0. The van der Waals surface area contributed by atoms with Crippen molar-refractivity contribution in [1.29, 1.82) is 0 Å². The summed E-state index contributed by atoms with van der Waals surface area (Å²) in [4.78, 5) is 0. The molecule has 0 spiro atoms. The van der Waals surface area contributed by atoms with E-state index in [2.05, 4.69) is 6.58 Å². The summed E-state index contributed by atoms with van der Waals surface area (Å²) in [5, 5.41) is 7.63. The minimum Gasteiger partial charge on any atom is -0.386 e. The minimum absolute atomic E-state index is 0. The van der Waals surface area contributed by atoms with Crippen molar-refractivity contribution in [3.8, 4) is 0 Å². The second kappa shape index (κ2) is 9.33. The van der Waals surface area contributed by atoms with Gasteiger partial charge in [0.2, 0.25) is 0 Å². The van der Waals surface area contributed by atoms with E-state index in [0.717, 1.165) is 6.61 Å². The Bertz CT molecular complexity index is 17.6. The van der Waals surface area contributed by atoms with E-state index >= 15 is 0 Å². The first-order valence-electron chi connectivity index (χ1n) is 1.000.